The molecule has 0 spiro atoms. The molecule has 22 heavy (non-hydrogen) atoms. The highest BCUT2D eigenvalue weighted by atomic mass is 16.5. The van der Waals surface area contributed by atoms with Crippen LogP contribution in [-0.4, -0.2) is 36.9 Å². The third-order valence-corrected chi connectivity index (χ3v) is 3.04. The lowest BCUT2D eigenvalue weighted by molar-refractivity contribution is 0.118. The Morgan fingerprint density at radius 2 is 1.77 bits per heavy atom. The number of aliphatic hydroxyl groups excluding tert-OH is 1. The van der Waals surface area contributed by atoms with Crippen molar-refractivity contribution in [1.82, 2.24) is 10.3 Å². The van der Waals surface area contributed by atoms with Gasteiger partial charge in [0.2, 0.25) is 0 Å². The normalized spacial score (nSPS) is 9.91. The smallest absolute Gasteiger partial charge is 0.0716 e. The predicted molar refractivity (Wildman–Crippen MR) is 89.7 cm³/mol. The fraction of sp³-hybridized carbons (Fsp3) is 0.389. The molecular weight excluding hydrogens is 276 g/mol. The molecule has 0 unspecified atom stereocenters. The van der Waals surface area contributed by atoms with Gasteiger partial charge < -0.3 is 15.2 Å². The molecule has 1 heterocycles. The van der Waals surface area contributed by atoms with Gasteiger partial charge >= 0.3 is 0 Å². The highest BCUT2D eigenvalue weighted by molar-refractivity contribution is 5.13. The van der Waals surface area contributed by atoms with E-state index in [-0.39, 0.29) is 0 Å². The van der Waals surface area contributed by atoms with Crippen LogP contribution in [0.3, 0.4) is 0 Å². The molecule has 0 amide bonds. The highest BCUT2D eigenvalue weighted by Crippen LogP contribution is 2.00. The molecule has 0 saturated carbocycles. The number of aromatic nitrogens is 1. The van der Waals surface area contributed by atoms with Gasteiger partial charge in [-0.05, 0) is 30.7 Å². The van der Waals surface area contributed by atoms with E-state index in [4.69, 9.17) is 9.84 Å². The van der Waals surface area contributed by atoms with E-state index >= 15 is 0 Å². The molecule has 2 rings (SSSR count). The first-order valence-electron chi connectivity index (χ1n) is 7.62. The van der Waals surface area contributed by atoms with Crippen molar-refractivity contribution in [1.29, 1.82) is 0 Å². The minimum Gasteiger partial charge on any atom is -0.400 e. The first-order valence-corrected chi connectivity index (χ1v) is 7.62. The van der Waals surface area contributed by atoms with Crippen molar-refractivity contribution in [3.05, 3.63) is 66.0 Å². The Labute approximate surface area is 133 Å². The Kier molecular flexibility index (Phi) is 10.8. The van der Waals surface area contributed by atoms with Crippen LogP contribution in [0.5, 0.6) is 0 Å². The zero-order valence-electron chi connectivity index (χ0n) is 13.2. The van der Waals surface area contributed by atoms with Gasteiger partial charge in [0.25, 0.3) is 0 Å². The minimum absolute atomic E-state index is 0.703. The van der Waals surface area contributed by atoms with E-state index in [0.29, 0.717) is 6.61 Å². The second-order valence-corrected chi connectivity index (χ2v) is 4.71. The van der Waals surface area contributed by atoms with E-state index in [9.17, 15) is 0 Å². The first-order chi connectivity index (χ1) is 10.9. The summed E-state index contributed by atoms with van der Waals surface area (Å²) in [6.07, 6.45) is 3.85. The molecule has 1 aromatic carbocycles. The molecular formula is C18H26N2O2. The molecule has 0 saturated heterocycles. The molecule has 0 aliphatic rings. The summed E-state index contributed by atoms with van der Waals surface area (Å²) in [5.74, 6) is 0. The molecule has 120 valence electrons. The quantitative estimate of drug-likeness (QED) is 0.699. The predicted octanol–water partition coefficient (Wildman–Crippen LogP) is 2.43. The molecule has 0 aliphatic heterocycles. The van der Waals surface area contributed by atoms with Gasteiger partial charge in [-0.25, -0.2) is 0 Å². The van der Waals surface area contributed by atoms with Gasteiger partial charge in [-0.1, -0.05) is 36.4 Å². The van der Waals surface area contributed by atoms with Crippen molar-refractivity contribution in [3.8, 4) is 0 Å². The molecule has 0 bridgehead atoms. The van der Waals surface area contributed by atoms with Crippen LogP contribution in [0.4, 0.5) is 0 Å². The van der Waals surface area contributed by atoms with Crippen LogP contribution < -0.4 is 5.32 Å². The number of hydrogen-bond acceptors (Lipinski definition) is 4. The molecule has 1 aromatic heterocycles. The molecule has 4 heteroatoms. The van der Waals surface area contributed by atoms with E-state index in [1.807, 2.05) is 36.5 Å². The average molecular weight is 302 g/mol. The number of rotatable bonds is 9. The Morgan fingerprint density at radius 3 is 2.50 bits per heavy atom. The van der Waals surface area contributed by atoms with Crippen molar-refractivity contribution < 1.29 is 9.84 Å². The topological polar surface area (TPSA) is 54.4 Å². The zero-order valence-corrected chi connectivity index (χ0v) is 13.2. The van der Waals surface area contributed by atoms with Crippen LogP contribution in [0.2, 0.25) is 0 Å². The summed E-state index contributed by atoms with van der Waals surface area (Å²) in [4.78, 5) is 4.29. The summed E-state index contributed by atoms with van der Waals surface area (Å²) in [6, 6.07) is 16.3. The van der Waals surface area contributed by atoms with Crippen molar-refractivity contribution in [2.45, 2.75) is 19.4 Å². The Balaban J connectivity index is 0.00000116. The number of aliphatic hydroxyl groups is 1. The van der Waals surface area contributed by atoms with Crippen molar-refractivity contribution in [2.24, 2.45) is 0 Å². The maximum absolute atomic E-state index is 7.00. The Morgan fingerprint density at radius 1 is 1.00 bits per heavy atom. The largest absolute Gasteiger partial charge is 0.400 e. The van der Waals surface area contributed by atoms with Gasteiger partial charge in [0, 0.05) is 38.6 Å². The van der Waals surface area contributed by atoms with Crippen LogP contribution in [0.25, 0.3) is 0 Å². The van der Waals surface area contributed by atoms with E-state index in [2.05, 4.69) is 28.5 Å². The third-order valence-electron chi connectivity index (χ3n) is 3.04. The molecule has 2 aromatic rings. The van der Waals surface area contributed by atoms with Crippen molar-refractivity contribution in [2.75, 3.05) is 26.8 Å². The second-order valence-electron chi connectivity index (χ2n) is 4.71. The van der Waals surface area contributed by atoms with Gasteiger partial charge in [0.1, 0.15) is 0 Å². The minimum atomic E-state index is 0.703. The lowest BCUT2D eigenvalue weighted by Gasteiger charge is -2.06. The molecule has 2 N–H and O–H groups in total. The molecule has 0 radical (unpaired) electrons. The zero-order chi connectivity index (χ0) is 15.9. The lowest BCUT2D eigenvalue weighted by Crippen LogP contribution is -2.20. The van der Waals surface area contributed by atoms with Gasteiger partial charge in [-0.15, -0.1) is 0 Å². The van der Waals surface area contributed by atoms with Crippen LogP contribution in [0.1, 0.15) is 17.7 Å². The summed E-state index contributed by atoms with van der Waals surface area (Å²) < 4.78 is 5.63. The number of nitrogens with one attached hydrogen (secondary N) is 1. The maximum atomic E-state index is 7.00. The second kappa shape index (κ2) is 13.0. The standard InChI is InChI=1S/C17H22N2O.CH4O/c1-2-7-16(8-3-1)15-20-14-6-11-18-13-10-17-9-4-5-12-19-17;1-2/h1-5,7-9,12,18H,6,10-11,13-15H2;2H,1H3. The first kappa shape index (κ1) is 18.3. The van der Waals surface area contributed by atoms with Gasteiger partial charge in [-0.2, -0.15) is 0 Å². The van der Waals surface area contributed by atoms with Crippen LogP contribution in [0, 0.1) is 0 Å². The Hall–Kier alpha value is -1.75. The van der Waals surface area contributed by atoms with E-state index < -0.39 is 0 Å². The number of ether oxygens (including phenoxy) is 1. The summed E-state index contributed by atoms with van der Waals surface area (Å²) in [5, 5.41) is 10.4. The lowest BCUT2D eigenvalue weighted by atomic mass is 10.2. The summed E-state index contributed by atoms with van der Waals surface area (Å²) in [5.41, 5.74) is 2.37. The van der Waals surface area contributed by atoms with E-state index in [0.717, 1.165) is 45.3 Å². The molecule has 4 nitrogen and oxygen atoms in total. The number of pyridine rings is 1. The highest BCUT2D eigenvalue weighted by Gasteiger charge is 1.94. The summed E-state index contributed by atoms with van der Waals surface area (Å²) in [7, 11) is 1.00. The number of nitrogens with zero attached hydrogens (tertiary/aromatic N) is 1. The van der Waals surface area contributed by atoms with E-state index in [1.54, 1.807) is 0 Å². The van der Waals surface area contributed by atoms with Crippen LogP contribution >= 0.6 is 0 Å². The SMILES string of the molecule is CO.c1ccc(COCCCNCCc2ccccn2)cc1. The fourth-order valence-corrected chi connectivity index (χ4v) is 1.95. The average Bonchev–Trinajstić information content (AvgIpc) is 2.61. The van der Waals surface area contributed by atoms with Crippen LogP contribution in [-0.2, 0) is 17.8 Å². The van der Waals surface area contributed by atoms with E-state index in [1.165, 1.54) is 5.56 Å². The van der Waals surface area contributed by atoms with Crippen molar-refractivity contribution >= 4 is 0 Å². The van der Waals surface area contributed by atoms with Gasteiger partial charge in [-0.3, -0.25) is 4.98 Å². The summed E-state index contributed by atoms with van der Waals surface area (Å²) >= 11 is 0. The van der Waals surface area contributed by atoms with Gasteiger partial charge in [0.05, 0.1) is 6.61 Å². The summed E-state index contributed by atoms with van der Waals surface area (Å²) in [6.45, 7) is 3.46. The monoisotopic (exact) mass is 302 g/mol. The maximum Gasteiger partial charge on any atom is 0.0716 e. The van der Waals surface area contributed by atoms with Gasteiger partial charge in [0.15, 0.2) is 0 Å². The molecule has 0 fully saturated rings. The Bertz CT molecular complexity index is 418. The fourth-order valence-electron chi connectivity index (χ4n) is 1.95. The third kappa shape index (κ3) is 8.52. The molecule has 0 atom stereocenters. The number of hydrogen-bond donors (Lipinski definition) is 2. The molecule has 0 aliphatic carbocycles. The number of benzene rings is 1. The van der Waals surface area contributed by atoms with Crippen molar-refractivity contribution in [3.63, 3.8) is 0 Å². The van der Waals surface area contributed by atoms with Crippen LogP contribution in [0.15, 0.2) is 54.7 Å².